The van der Waals surface area contributed by atoms with Gasteiger partial charge in [-0.3, -0.25) is 9.59 Å². The number of carbonyl (C=O) groups is 2. The Hall–Kier alpha value is -4.06. The van der Waals surface area contributed by atoms with E-state index < -0.39 is 0 Å². The number of nitrogens with zero attached hydrogens (tertiary/aromatic N) is 1. The zero-order valence-electron chi connectivity index (χ0n) is 16.1. The van der Waals surface area contributed by atoms with Crippen LogP contribution in [0.5, 0.6) is 5.75 Å². The van der Waals surface area contributed by atoms with Crippen LogP contribution in [0.4, 0.5) is 11.4 Å². The third kappa shape index (κ3) is 3.28. The summed E-state index contributed by atoms with van der Waals surface area (Å²) in [5.41, 5.74) is 3.83. The van der Waals surface area contributed by atoms with E-state index in [9.17, 15) is 9.59 Å². The Morgan fingerprint density at radius 3 is 2.70 bits per heavy atom. The zero-order valence-corrected chi connectivity index (χ0v) is 16.1. The highest BCUT2D eigenvalue weighted by molar-refractivity contribution is 6.09. The summed E-state index contributed by atoms with van der Waals surface area (Å²) in [6.45, 7) is 0.407. The van der Waals surface area contributed by atoms with Gasteiger partial charge in [-0.25, -0.2) is 0 Å². The minimum Gasteiger partial charge on any atom is -0.482 e. The number of hydrogen-bond donors (Lipinski definition) is 2. The van der Waals surface area contributed by atoms with Crippen LogP contribution in [0.2, 0.25) is 0 Å². The molecule has 0 unspecified atom stereocenters. The SMILES string of the molecule is O=C(Nc1c[nH]c2ccccc12)c1ccc2c(c1)OCC(=O)N2Cc1ccccc1. The van der Waals surface area contributed by atoms with E-state index in [1.807, 2.05) is 54.6 Å². The molecule has 0 radical (unpaired) electrons. The number of nitrogens with one attached hydrogen (secondary N) is 2. The summed E-state index contributed by atoms with van der Waals surface area (Å²) in [6.07, 6.45) is 1.78. The largest absolute Gasteiger partial charge is 0.482 e. The van der Waals surface area contributed by atoms with Crippen molar-refractivity contribution in [1.82, 2.24) is 4.98 Å². The average Bonchev–Trinajstić information content (AvgIpc) is 3.19. The monoisotopic (exact) mass is 397 g/mol. The Bertz CT molecular complexity index is 1250. The number of hydrogen-bond acceptors (Lipinski definition) is 3. The van der Waals surface area contributed by atoms with E-state index in [4.69, 9.17) is 4.74 Å². The van der Waals surface area contributed by atoms with Crippen molar-refractivity contribution in [2.24, 2.45) is 0 Å². The van der Waals surface area contributed by atoms with Crippen LogP contribution < -0.4 is 15.0 Å². The van der Waals surface area contributed by atoms with Crippen LogP contribution in [-0.2, 0) is 11.3 Å². The minimum atomic E-state index is -0.238. The average molecular weight is 397 g/mol. The molecule has 2 N–H and O–H groups in total. The normalized spacial score (nSPS) is 13.1. The molecule has 0 atom stereocenters. The fourth-order valence-corrected chi connectivity index (χ4v) is 3.65. The number of carbonyl (C=O) groups excluding carboxylic acids is 2. The van der Waals surface area contributed by atoms with Crippen molar-refractivity contribution in [3.63, 3.8) is 0 Å². The molecule has 2 amide bonds. The van der Waals surface area contributed by atoms with Crippen molar-refractivity contribution in [2.45, 2.75) is 6.54 Å². The molecule has 5 rings (SSSR count). The number of anilines is 2. The Morgan fingerprint density at radius 2 is 1.83 bits per heavy atom. The molecule has 1 aromatic heterocycles. The summed E-state index contributed by atoms with van der Waals surface area (Å²) in [5.74, 6) is 0.178. The fraction of sp³-hybridized carbons (Fsp3) is 0.0833. The number of fused-ring (bicyclic) bond motifs is 2. The molecule has 148 valence electrons. The molecule has 0 spiro atoms. The van der Waals surface area contributed by atoms with Crippen LogP contribution >= 0.6 is 0 Å². The number of aromatic nitrogens is 1. The second kappa shape index (κ2) is 7.40. The van der Waals surface area contributed by atoms with Gasteiger partial charge in [0.25, 0.3) is 11.8 Å². The first-order chi connectivity index (χ1) is 14.7. The topological polar surface area (TPSA) is 74.4 Å². The van der Waals surface area contributed by atoms with Crippen molar-refractivity contribution < 1.29 is 14.3 Å². The van der Waals surface area contributed by atoms with Crippen LogP contribution in [0.1, 0.15) is 15.9 Å². The molecule has 0 saturated carbocycles. The van der Waals surface area contributed by atoms with E-state index in [1.54, 1.807) is 29.3 Å². The summed E-state index contributed by atoms with van der Waals surface area (Å²) in [5, 5.41) is 3.89. The first kappa shape index (κ1) is 18.0. The van der Waals surface area contributed by atoms with Gasteiger partial charge >= 0.3 is 0 Å². The van der Waals surface area contributed by atoms with Crippen LogP contribution in [0.3, 0.4) is 0 Å². The van der Waals surface area contributed by atoms with Gasteiger partial charge in [0.15, 0.2) is 6.61 Å². The van der Waals surface area contributed by atoms with Gasteiger partial charge in [0.2, 0.25) is 0 Å². The molecule has 0 aliphatic carbocycles. The highest BCUT2D eigenvalue weighted by Gasteiger charge is 2.26. The van der Waals surface area contributed by atoms with E-state index in [-0.39, 0.29) is 18.4 Å². The lowest BCUT2D eigenvalue weighted by Gasteiger charge is -2.29. The van der Waals surface area contributed by atoms with Gasteiger partial charge in [-0.1, -0.05) is 48.5 Å². The standard InChI is InChI=1S/C24H19N3O3/c28-23-15-30-22-12-17(10-11-21(22)27(23)14-16-6-2-1-3-7-16)24(29)26-20-13-25-19-9-5-4-8-18(19)20/h1-13,25H,14-15H2,(H,26,29). The number of aromatic amines is 1. The lowest BCUT2D eigenvalue weighted by molar-refractivity contribution is -0.121. The molecule has 6 nitrogen and oxygen atoms in total. The Balaban J connectivity index is 1.40. The second-order valence-electron chi connectivity index (χ2n) is 7.14. The van der Waals surface area contributed by atoms with E-state index >= 15 is 0 Å². The van der Waals surface area contributed by atoms with E-state index in [0.717, 1.165) is 22.2 Å². The molecular weight excluding hydrogens is 378 g/mol. The van der Waals surface area contributed by atoms with Gasteiger partial charge < -0.3 is 19.9 Å². The van der Waals surface area contributed by atoms with Gasteiger partial charge in [-0.15, -0.1) is 0 Å². The minimum absolute atomic E-state index is 0.0483. The second-order valence-corrected chi connectivity index (χ2v) is 7.14. The molecule has 0 saturated heterocycles. The van der Waals surface area contributed by atoms with Crippen molar-refractivity contribution >= 4 is 34.1 Å². The van der Waals surface area contributed by atoms with Crippen LogP contribution in [-0.4, -0.2) is 23.4 Å². The third-order valence-electron chi connectivity index (χ3n) is 5.19. The van der Waals surface area contributed by atoms with E-state index in [2.05, 4.69) is 10.3 Å². The lowest BCUT2D eigenvalue weighted by atomic mass is 10.1. The molecule has 0 bridgehead atoms. The number of para-hydroxylation sites is 1. The third-order valence-corrected chi connectivity index (χ3v) is 5.19. The molecular formula is C24H19N3O3. The predicted molar refractivity (Wildman–Crippen MR) is 116 cm³/mol. The summed E-state index contributed by atoms with van der Waals surface area (Å²) < 4.78 is 5.62. The van der Waals surface area contributed by atoms with Gasteiger partial charge in [-0.2, -0.15) is 0 Å². The van der Waals surface area contributed by atoms with Gasteiger partial charge in [0.05, 0.1) is 17.9 Å². The lowest BCUT2D eigenvalue weighted by Crippen LogP contribution is -2.38. The summed E-state index contributed by atoms with van der Waals surface area (Å²) in [7, 11) is 0. The number of amides is 2. The van der Waals surface area contributed by atoms with Crippen molar-refractivity contribution in [3.8, 4) is 5.75 Å². The summed E-state index contributed by atoms with van der Waals surface area (Å²) >= 11 is 0. The number of H-pyrrole nitrogens is 1. The number of rotatable bonds is 4. The highest BCUT2D eigenvalue weighted by Crippen LogP contribution is 2.34. The molecule has 3 aromatic carbocycles. The molecule has 2 heterocycles. The Morgan fingerprint density at radius 1 is 1.03 bits per heavy atom. The molecule has 0 fully saturated rings. The molecule has 4 aromatic rings. The summed E-state index contributed by atoms with van der Waals surface area (Å²) in [6, 6.07) is 22.7. The maximum atomic E-state index is 12.8. The quantitative estimate of drug-likeness (QED) is 0.538. The van der Waals surface area contributed by atoms with Gasteiger partial charge in [-0.05, 0) is 29.8 Å². The zero-order chi connectivity index (χ0) is 20.5. The van der Waals surface area contributed by atoms with Gasteiger partial charge in [0.1, 0.15) is 5.75 Å². The Labute approximate surface area is 173 Å². The van der Waals surface area contributed by atoms with Crippen molar-refractivity contribution in [2.75, 3.05) is 16.8 Å². The van der Waals surface area contributed by atoms with E-state index in [1.165, 1.54) is 0 Å². The fourth-order valence-electron chi connectivity index (χ4n) is 3.65. The van der Waals surface area contributed by atoms with Gasteiger partial charge in [0, 0.05) is 22.7 Å². The van der Waals surface area contributed by atoms with E-state index in [0.29, 0.717) is 23.5 Å². The molecule has 1 aliphatic heterocycles. The molecule has 30 heavy (non-hydrogen) atoms. The number of benzene rings is 3. The first-order valence-electron chi connectivity index (χ1n) is 9.68. The molecule has 1 aliphatic rings. The van der Waals surface area contributed by atoms with Crippen LogP contribution in [0.25, 0.3) is 10.9 Å². The highest BCUT2D eigenvalue weighted by atomic mass is 16.5. The van der Waals surface area contributed by atoms with Crippen molar-refractivity contribution in [3.05, 3.63) is 90.1 Å². The van der Waals surface area contributed by atoms with Crippen LogP contribution in [0, 0.1) is 0 Å². The maximum absolute atomic E-state index is 12.8. The maximum Gasteiger partial charge on any atom is 0.265 e. The number of ether oxygens (including phenoxy) is 1. The molecule has 6 heteroatoms. The van der Waals surface area contributed by atoms with Crippen LogP contribution in [0.15, 0.2) is 79.0 Å². The first-order valence-corrected chi connectivity index (χ1v) is 9.68. The predicted octanol–water partition coefficient (Wildman–Crippen LogP) is 4.35. The smallest absolute Gasteiger partial charge is 0.265 e. The summed E-state index contributed by atoms with van der Waals surface area (Å²) in [4.78, 5) is 30.1. The Kier molecular flexibility index (Phi) is 4.44. The van der Waals surface area contributed by atoms with Crippen molar-refractivity contribution in [1.29, 1.82) is 0 Å².